The van der Waals surface area contributed by atoms with Crippen molar-refractivity contribution in [1.82, 2.24) is 14.9 Å². The van der Waals surface area contributed by atoms with Crippen molar-refractivity contribution < 1.29 is 14.7 Å². The second kappa shape index (κ2) is 7.05. The van der Waals surface area contributed by atoms with E-state index < -0.39 is 5.97 Å². The topological polar surface area (TPSA) is 84.2 Å². The molecule has 0 bridgehead atoms. The van der Waals surface area contributed by atoms with Crippen LogP contribution in [0.2, 0.25) is 0 Å². The molecule has 0 spiro atoms. The third-order valence-corrected chi connectivity index (χ3v) is 3.11. The molecule has 0 radical (unpaired) electrons. The van der Waals surface area contributed by atoms with Gasteiger partial charge < -0.3 is 15.0 Å². The van der Waals surface area contributed by atoms with Crippen LogP contribution in [0.1, 0.15) is 19.0 Å². The molecule has 100 valence electrons. The minimum atomic E-state index is -0.879. The van der Waals surface area contributed by atoms with E-state index in [-0.39, 0.29) is 11.7 Å². The smallest absolute Gasteiger partial charge is 0.313 e. The lowest BCUT2D eigenvalue weighted by molar-refractivity contribution is -0.134. The zero-order valence-corrected chi connectivity index (χ0v) is 11.3. The highest BCUT2D eigenvalue weighted by Crippen LogP contribution is 2.17. The van der Waals surface area contributed by atoms with Crippen molar-refractivity contribution in [3.8, 4) is 0 Å². The Morgan fingerprint density at radius 3 is 2.89 bits per heavy atom. The molecule has 0 aromatic carbocycles. The number of imidazole rings is 1. The van der Waals surface area contributed by atoms with Gasteiger partial charge >= 0.3 is 5.97 Å². The van der Waals surface area contributed by atoms with E-state index in [0.29, 0.717) is 24.7 Å². The van der Waals surface area contributed by atoms with Crippen molar-refractivity contribution in [3.63, 3.8) is 0 Å². The Balaban J connectivity index is 2.58. The van der Waals surface area contributed by atoms with Crippen LogP contribution in [0.15, 0.2) is 11.4 Å². The zero-order valence-electron chi connectivity index (χ0n) is 10.5. The van der Waals surface area contributed by atoms with Gasteiger partial charge in [0, 0.05) is 25.7 Å². The summed E-state index contributed by atoms with van der Waals surface area (Å²) in [5, 5.41) is 12.0. The van der Waals surface area contributed by atoms with Gasteiger partial charge in [0.05, 0.1) is 11.4 Å². The van der Waals surface area contributed by atoms with Crippen LogP contribution in [0, 0.1) is 6.92 Å². The van der Waals surface area contributed by atoms with E-state index in [1.807, 2.05) is 24.6 Å². The van der Waals surface area contributed by atoms with Crippen LogP contribution >= 0.6 is 11.8 Å². The lowest BCUT2D eigenvalue weighted by Crippen LogP contribution is -2.23. The Morgan fingerprint density at radius 2 is 2.28 bits per heavy atom. The van der Waals surface area contributed by atoms with Gasteiger partial charge in [-0.3, -0.25) is 9.59 Å². The van der Waals surface area contributed by atoms with Gasteiger partial charge in [0.1, 0.15) is 0 Å². The van der Waals surface area contributed by atoms with Crippen LogP contribution < -0.4 is 5.32 Å². The van der Waals surface area contributed by atoms with E-state index in [9.17, 15) is 9.59 Å². The molecule has 0 atom stereocenters. The molecule has 1 aromatic rings. The molecule has 0 aliphatic carbocycles. The maximum atomic E-state index is 11.4. The first-order valence-corrected chi connectivity index (χ1v) is 6.66. The highest BCUT2D eigenvalue weighted by atomic mass is 32.2. The van der Waals surface area contributed by atoms with Crippen LogP contribution in [-0.2, 0) is 16.1 Å². The van der Waals surface area contributed by atoms with Gasteiger partial charge in [0.2, 0.25) is 5.91 Å². The summed E-state index contributed by atoms with van der Waals surface area (Å²) in [7, 11) is 0. The third-order valence-electron chi connectivity index (χ3n) is 2.14. The molecule has 1 heterocycles. The van der Waals surface area contributed by atoms with Crippen molar-refractivity contribution in [2.24, 2.45) is 0 Å². The number of carbonyl (C=O) groups is 2. The molecular weight excluding hydrogens is 254 g/mol. The Morgan fingerprint density at radius 1 is 1.56 bits per heavy atom. The largest absolute Gasteiger partial charge is 0.481 e. The molecule has 0 saturated carbocycles. The number of nitrogens with zero attached hydrogens (tertiary/aromatic N) is 2. The quantitative estimate of drug-likeness (QED) is 0.720. The van der Waals surface area contributed by atoms with Crippen LogP contribution in [0.3, 0.4) is 0 Å². The fourth-order valence-electron chi connectivity index (χ4n) is 1.43. The summed E-state index contributed by atoms with van der Waals surface area (Å²) >= 11 is 1.16. The SMILES string of the molecule is CCNC(=O)CCn1cc(C)nc1SCC(=O)O. The zero-order chi connectivity index (χ0) is 13.5. The first-order chi connectivity index (χ1) is 8.52. The maximum absolute atomic E-state index is 11.4. The number of rotatable bonds is 7. The van der Waals surface area contributed by atoms with E-state index in [0.717, 1.165) is 17.5 Å². The second-order valence-electron chi connectivity index (χ2n) is 3.74. The molecule has 7 heteroatoms. The number of aliphatic carboxylic acids is 1. The number of aryl methyl sites for hydroxylation is 2. The van der Waals surface area contributed by atoms with E-state index in [1.165, 1.54) is 0 Å². The Bertz CT molecular complexity index is 431. The normalized spacial score (nSPS) is 10.3. The molecule has 2 N–H and O–H groups in total. The van der Waals surface area contributed by atoms with E-state index in [4.69, 9.17) is 5.11 Å². The van der Waals surface area contributed by atoms with Crippen LogP contribution in [0.5, 0.6) is 0 Å². The summed E-state index contributed by atoms with van der Waals surface area (Å²) in [5.74, 6) is -0.925. The number of amides is 1. The Labute approximate surface area is 110 Å². The molecule has 1 amide bonds. The highest BCUT2D eigenvalue weighted by Gasteiger charge is 2.09. The third kappa shape index (κ3) is 4.79. The molecule has 18 heavy (non-hydrogen) atoms. The second-order valence-corrected chi connectivity index (χ2v) is 4.69. The number of carboxylic acid groups (broad SMARTS) is 1. The summed E-state index contributed by atoms with van der Waals surface area (Å²) < 4.78 is 1.82. The van der Waals surface area contributed by atoms with Crippen LogP contribution in [0.25, 0.3) is 0 Å². The maximum Gasteiger partial charge on any atom is 0.313 e. The van der Waals surface area contributed by atoms with Crippen molar-refractivity contribution in [1.29, 1.82) is 0 Å². The summed E-state index contributed by atoms with van der Waals surface area (Å²) in [6.45, 7) is 4.83. The van der Waals surface area contributed by atoms with Gasteiger partial charge in [-0.2, -0.15) is 0 Å². The van der Waals surface area contributed by atoms with E-state index >= 15 is 0 Å². The van der Waals surface area contributed by atoms with Gasteiger partial charge in [-0.05, 0) is 13.8 Å². The number of thioether (sulfide) groups is 1. The van der Waals surface area contributed by atoms with Crippen molar-refractivity contribution >= 4 is 23.6 Å². The number of nitrogens with one attached hydrogen (secondary N) is 1. The Hall–Kier alpha value is -1.50. The average Bonchev–Trinajstić information content (AvgIpc) is 2.65. The highest BCUT2D eigenvalue weighted by molar-refractivity contribution is 7.99. The number of aromatic nitrogens is 2. The first kappa shape index (κ1) is 14.6. The predicted molar refractivity (Wildman–Crippen MR) is 68.6 cm³/mol. The van der Waals surface area contributed by atoms with Gasteiger partial charge in [-0.15, -0.1) is 0 Å². The fraction of sp³-hybridized carbons (Fsp3) is 0.545. The van der Waals surface area contributed by atoms with Crippen molar-refractivity contribution in [3.05, 3.63) is 11.9 Å². The molecule has 0 saturated heterocycles. The standard InChI is InChI=1S/C11H17N3O3S/c1-3-12-9(15)4-5-14-6-8(2)13-11(14)18-7-10(16)17/h6H,3-5,7H2,1-2H3,(H,12,15)(H,16,17). The van der Waals surface area contributed by atoms with E-state index in [2.05, 4.69) is 10.3 Å². The monoisotopic (exact) mass is 271 g/mol. The number of hydrogen-bond donors (Lipinski definition) is 2. The number of hydrogen-bond acceptors (Lipinski definition) is 4. The van der Waals surface area contributed by atoms with Gasteiger partial charge in [0.15, 0.2) is 5.16 Å². The summed E-state index contributed by atoms with van der Waals surface area (Å²) in [6, 6.07) is 0. The first-order valence-electron chi connectivity index (χ1n) is 5.68. The van der Waals surface area contributed by atoms with Crippen LogP contribution in [0.4, 0.5) is 0 Å². The summed E-state index contributed by atoms with van der Waals surface area (Å²) in [4.78, 5) is 26.1. The van der Waals surface area contributed by atoms with Gasteiger partial charge in [0.25, 0.3) is 0 Å². The fourth-order valence-corrected chi connectivity index (χ4v) is 2.20. The van der Waals surface area contributed by atoms with Gasteiger partial charge in [-0.25, -0.2) is 4.98 Å². The number of carbonyl (C=O) groups excluding carboxylic acids is 1. The van der Waals surface area contributed by atoms with Gasteiger partial charge in [-0.1, -0.05) is 11.8 Å². The molecule has 6 nitrogen and oxygen atoms in total. The average molecular weight is 271 g/mol. The minimum absolute atomic E-state index is 0.0157. The minimum Gasteiger partial charge on any atom is -0.481 e. The molecule has 0 aliphatic heterocycles. The summed E-state index contributed by atoms with van der Waals surface area (Å²) in [5.41, 5.74) is 0.818. The Kier molecular flexibility index (Phi) is 5.70. The molecule has 0 unspecified atom stereocenters. The van der Waals surface area contributed by atoms with Crippen molar-refractivity contribution in [2.75, 3.05) is 12.3 Å². The summed E-state index contributed by atoms with van der Waals surface area (Å²) in [6.07, 6.45) is 2.19. The molecule has 1 aromatic heterocycles. The molecular formula is C11H17N3O3S. The molecule has 0 fully saturated rings. The molecule has 1 rings (SSSR count). The van der Waals surface area contributed by atoms with Crippen LogP contribution in [-0.4, -0.2) is 38.8 Å². The predicted octanol–water partition coefficient (Wildman–Crippen LogP) is 0.894. The van der Waals surface area contributed by atoms with E-state index in [1.54, 1.807) is 0 Å². The lowest BCUT2D eigenvalue weighted by Gasteiger charge is -2.06. The molecule has 0 aliphatic rings. The number of carboxylic acids is 1. The van der Waals surface area contributed by atoms with Crippen molar-refractivity contribution in [2.45, 2.75) is 32.0 Å². The lowest BCUT2D eigenvalue weighted by atomic mass is 10.4.